The number of anilines is 1. The smallest absolute Gasteiger partial charge is 0.351 e. The van der Waals surface area contributed by atoms with Gasteiger partial charge in [-0.25, -0.2) is 9.59 Å². The number of carbonyl (C=O) groups excluding carboxylic acids is 3. The molecule has 5 N–H and O–H groups in total. The summed E-state index contributed by atoms with van der Waals surface area (Å²) in [4.78, 5) is 51.6. The Kier molecular flexibility index (Phi) is 9.08. The molecule has 0 bridgehead atoms. The zero-order valence-corrected chi connectivity index (χ0v) is 18.9. The van der Waals surface area contributed by atoms with Gasteiger partial charge in [0.15, 0.2) is 6.23 Å². The van der Waals surface area contributed by atoms with Gasteiger partial charge in [0, 0.05) is 12.6 Å². The minimum Gasteiger partial charge on any atom is -0.507 e. The average molecular weight is 507 g/mol. The summed E-state index contributed by atoms with van der Waals surface area (Å²) in [6, 6.07) is 7.06. The van der Waals surface area contributed by atoms with Crippen LogP contribution in [0.15, 0.2) is 41.3 Å². The monoisotopic (exact) mass is 507 g/mol. The maximum atomic E-state index is 12.3. The van der Waals surface area contributed by atoms with Crippen molar-refractivity contribution in [1.29, 1.82) is 0 Å². The van der Waals surface area contributed by atoms with Gasteiger partial charge in [0.25, 0.3) is 0 Å². The Balaban J connectivity index is 1.39. The lowest BCUT2D eigenvalue weighted by Gasteiger charge is -2.17. The van der Waals surface area contributed by atoms with E-state index in [2.05, 4.69) is 10.3 Å². The molecule has 1 amide bonds. The Morgan fingerprint density at radius 3 is 2.44 bits per heavy atom. The molecule has 14 heteroatoms. The molecule has 0 saturated carbocycles. The van der Waals surface area contributed by atoms with Crippen LogP contribution < -0.4 is 11.0 Å². The summed E-state index contributed by atoms with van der Waals surface area (Å²) in [5.74, 6) is -2.49. The van der Waals surface area contributed by atoms with Gasteiger partial charge in [-0.05, 0) is 18.2 Å². The third-order valence-corrected chi connectivity index (χ3v) is 5.15. The lowest BCUT2D eigenvalue weighted by atomic mass is 10.1. The van der Waals surface area contributed by atoms with E-state index in [-0.39, 0.29) is 43.2 Å². The molecule has 1 fully saturated rings. The number of phenols is 1. The third-order valence-electron chi connectivity index (χ3n) is 5.15. The average Bonchev–Trinajstić information content (AvgIpc) is 3.14. The van der Waals surface area contributed by atoms with Gasteiger partial charge >= 0.3 is 17.6 Å². The number of rotatable bonds is 10. The number of amides is 1. The van der Waals surface area contributed by atoms with Gasteiger partial charge in [-0.2, -0.15) is 4.98 Å². The Morgan fingerprint density at radius 1 is 1.06 bits per heavy atom. The molecule has 2 aromatic rings. The maximum absolute atomic E-state index is 12.3. The van der Waals surface area contributed by atoms with Gasteiger partial charge in [-0.1, -0.05) is 12.1 Å². The van der Waals surface area contributed by atoms with Crippen molar-refractivity contribution in [2.45, 2.75) is 37.4 Å². The van der Waals surface area contributed by atoms with Gasteiger partial charge in [0.2, 0.25) is 5.91 Å². The summed E-state index contributed by atoms with van der Waals surface area (Å²) < 4.78 is 16.0. The molecule has 1 aromatic carbocycles. The second-order valence-electron chi connectivity index (χ2n) is 7.65. The van der Waals surface area contributed by atoms with Crippen LogP contribution in [0, 0.1) is 0 Å². The summed E-state index contributed by atoms with van der Waals surface area (Å²) in [5.41, 5.74) is -0.916. The van der Waals surface area contributed by atoms with Gasteiger partial charge in [-0.15, -0.1) is 0 Å². The molecule has 0 radical (unpaired) electrons. The zero-order chi connectivity index (χ0) is 26.2. The molecular formula is C22H25N3O11. The largest absolute Gasteiger partial charge is 0.507 e. The highest BCUT2D eigenvalue weighted by atomic mass is 16.6. The fraction of sp³-hybridized carbons (Fsp3) is 0.409. The molecule has 1 aliphatic heterocycles. The molecule has 0 unspecified atom stereocenters. The number of esters is 2. The number of aromatic nitrogens is 2. The van der Waals surface area contributed by atoms with E-state index in [9.17, 15) is 34.5 Å². The summed E-state index contributed by atoms with van der Waals surface area (Å²) in [5, 5.41) is 40.9. The molecule has 2 heterocycles. The van der Waals surface area contributed by atoms with E-state index in [0.717, 1.165) is 4.57 Å². The Bertz CT molecular complexity index is 1150. The second-order valence-corrected chi connectivity index (χ2v) is 7.65. The first-order valence-corrected chi connectivity index (χ1v) is 10.8. The van der Waals surface area contributed by atoms with Crippen LogP contribution in [0.1, 0.15) is 29.4 Å². The summed E-state index contributed by atoms with van der Waals surface area (Å²) in [6.45, 7) is -1.06. The fourth-order valence-electron chi connectivity index (χ4n) is 3.29. The van der Waals surface area contributed by atoms with Gasteiger partial charge < -0.3 is 40.0 Å². The maximum Gasteiger partial charge on any atom is 0.351 e. The number of para-hydroxylation sites is 1. The second kappa shape index (κ2) is 12.2. The quantitative estimate of drug-likeness (QED) is 0.187. The first-order chi connectivity index (χ1) is 17.2. The number of hydrogen-bond donors (Lipinski definition) is 5. The van der Waals surface area contributed by atoms with E-state index in [0.29, 0.717) is 0 Å². The van der Waals surface area contributed by atoms with E-state index >= 15 is 0 Å². The predicted octanol–water partition coefficient (Wildman–Crippen LogP) is -1.32. The number of phenolic OH excluding ortho intramolecular Hbond substituents is 1. The molecule has 0 spiro atoms. The Labute approximate surface area is 203 Å². The van der Waals surface area contributed by atoms with Crippen molar-refractivity contribution >= 4 is 23.7 Å². The molecule has 3 rings (SSSR count). The van der Waals surface area contributed by atoms with E-state index in [1.165, 1.54) is 24.4 Å². The summed E-state index contributed by atoms with van der Waals surface area (Å²) >= 11 is 0. The van der Waals surface area contributed by atoms with Gasteiger partial charge in [-0.3, -0.25) is 14.2 Å². The highest BCUT2D eigenvalue weighted by Gasteiger charge is 2.43. The number of nitrogens with one attached hydrogen (secondary N) is 1. The molecule has 4 atom stereocenters. The van der Waals surface area contributed by atoms with Gasteiger partial charge in [0.1, 0.15) is 48.7 Å². The van der Waals surface area contributed by atoms with Crippen molar-refractivity contribution in [1.82, 2.24) is 9.55 Å². The number of aliphatic hydroxyl groups is 3. The lowest BCUT2D eigenvalue weighted by Crippen LogP contribution is -2.36. The van der Waals surface area contributed by atoms with Crippen LogP contribution in [0.4, 0.5) is 5.82 Å². The number of nitrogens with zero attached hydrogens (tertiary/aromatic N) is 2. The van der Waals surface area contributed by atoms with Crippen LogP contribution in [-0.4, -0.2) is 86.0 Å². The fourth-order valence-corrected chi connectivity index (χ4v) is 3.29. The number of carbonyl (C=O) groups is 3. The van der Waals surface area contributed by atoms with Crippen molar-refractivity contribution < 1.29 is 49.0 Å². The standard InChI is InChI=1S/C22H25N3O11/c26-11-14-18(30)19(31)20(36-14)25-8-7-15(24-22(25)33)23-16(28)5-6-17(29)34-9-10-35-21(32)12-3-1-2-4-13(12)27/h1-4,7-8,14,18-20,26-27,30-31H,5-6,9-11H2,(H,23,24,28,33)/t14-,18-,19+,20-/m1/s1. The van der Waals surface area contributed by atoms with E-state index in [1.54, 1.807) is 12.1 Å². The first-order valence-electron chi connectivity index (χ1n) is 10.8. The van der Waals surface area contributed by atoms with Crippen molar-refractivity contribution in [2.24, 2.45) is 0 Å². The number of hydrogen-bond acceptors (Lipinski definition) is 12. The minimum absolute atomic E-state index is 0.0272. The van der Waals surface area contributed by atoms with Crippen LogP contribution in [-0.2, 0) is 23.8 Å². The molecule has 194 valence electrons. The van der Waals surface area contributed by atoms with Crippen molar-refractivity contribution in [3.63, 3.8) is 0 Å². The molecule has 36 heavy (non-hydrogen) atoms. The van der Waals surface area contributed by atoms with Gasteiger partial charge in [0.05, 0.1) is 13.0 Å². The van der Waals surface area contributed by atoms with E-state index < -0.39 is 54.7 Å². The molecule has 1 aliphatic rings. The minimum atomic E-state index is -1.47. The normalized spacial score (nSPS) is 21.1. The molecule has 0 aliphatic carbocycles. The SMILES string of the molecule is O=C(CCC(=O)OCCOC(=O)c1ccccc1O)Nc1ccn([C@@H]2O[C@H](CO)[C@@H](O)[C@@H]2O)c(=O)n1. The van der Waals surface area contributed by atoms with E-state index in [1.807, 2.05) is 0 Å². The number of ether oxygens (including phenoxy) is 3. The van der Waals surface area contributed by atoms with Crippen molar-refractivity contribution in [2.75, 3.05) is 25.1 Å². The van der Waals surface area contributed by atoms with Crippen LogP contribution >= 0.6 is 0 Å². The molecule has 1 aromatic heterocycles. The topological polar surface area (TPSA) is 207 Å². The van der Waals surface area contributed by atoms with Crippen LogP contribution in [0.3, 0.4) is 0 Å². The molecule has 1 saturated heterocycles. The van der Waals surface area contributed by atoms with Crippen LogP contribution in [0.25, 0.3) is 0 Å². The van der Waals surface area contributed by atoms with E-state index in [4.69, 9.17) is 19.3 Å². The van der Waals surface area contributed by atoms with Crippen LogP contribution in [0.5, 0.6) is 5.75 Å². The predicted molar refractivity (Wildman–Crippen MR) is 119 cm³/mol. The molecular weight excluding hydrogens is 482 g/mol. The third kappa shape index (κ3) is 6.63. The summed E-state index contributed by atoms with van der Waals surface area (Å²) in [6.07, 6.45) is -4.59. The highest BCUT2D eigenvalue weighted by molar-refractivity contribution is 5.92. The Morgan fingerprint density at radius 2 is 1.78 bits per heavy atom. The zero-order valence-electron chi connectivity index (χ0n) is 18.9. The Hall–Kier alpha value is -3.85. The van der Waals surface area contributed by atoms with Crippen molar-refractivity contribution in [3.05, 3.63) is 52.6 Å². The number of aromatic hydroxyl groups is 1. The first kappa shape index (κ1) is 26.7. The highest BCUT2D eigenvalue weighted by Crippen LogP contribution is 2.28. The number of aliphatic hydroxyl groups excluding tert-OH is 3. The lowest BCUT2D eigenvalue weighted by molar-refractivity contribution is -0.145. The number of benzene rings is 1. The van der Waals surface area contributed by atoms with Crippen LogP contribution in [0.2, 0.25) is 0 Å². The van der Waals surface area contributed by atoms with Crippen molar-refractivity contribution in [3.8, 4) is 5.75 Å². The molecule has 14 nitrogen and oxygen atoms in total. The summed E-state index contributed by atoms with van der Waals surface area (Å²) in [7, 11) is 0.